The van der Waals surface area contributed by atoms with Gasteiger partial charge in [-0.3, -0.25) is 9.00 Å². The van der Waals surface area contributed by atoms with Crippen molar-refractivity contribution in [2.24, 2.45) is 5.92 Å². The van der Waals surface area contributed by atoms with Gasteiger partial charge in [0.2, 0.25) is 0 Å². The van der Waals surface area contributed by atoms with Gasteiger partial charge in [-0.2, -0.15) is 0 Å². The van der Waals surface area contributed by atoms with E-state index in [9.17, 15) is 9.00 Å². The highest BCUT2D eigenvalue weighted by Crippen LogP contribution is 2.08. The van der Waals surface area contributed by atoms with Crippen molar-refractivity contribution in [1.29, 1.82) is 0 Å². The van der Waals surface area contributed by atoms with Gasteiger partial charge in [0.1, 0.15) is 5.78 Å². The number of hydrogen-bond donors (Lipinski definition) is 0. The standard InChI is InChI=1S/C10H20O2S/c1-5-8(3)7-13(12)9(4)10(11)6-2/h8-9H,5-7H2,1-4H3. The molecule has 0 rings (SSSR count). The summed E-state index contributed by atoms with van der Waals surface area (Å²) in [5, 5.41) is -0.279. The molecule has 78 valence electrons. The molecule has 0 aliphatic rings. The zero-order valence-corrected chi connectivity index (χ0v) is 9.82. The summed E-state index contributed by atoms with van der Waals surface area (Å²) < 4.78 is 11.6. The highest BCUT2D eigenvalue weighted by molar-refractivity contribution is 7.86. The van der Waals surface area contributed by atoms with Crippen LogP contribution < -0.4 is 0 Å². The lowest BCUT2D eigenvalue weighted by Crippen LogP contribution is -2.25. The van der Waals surface area contributed by atoms with Gasteiger partial charge < -0.3 is 0 Å². The molecule has 0 radical (unpaired) electrons. The Labute approximate surface area is 83.6 Å². The highest BCUT2D eigenvalue weighted by Gasteiger charge is 2.19. The molecule has 0 fully saturated rings. The van der Waals surface area contributed by atoms with Crippen molar-refractivity contribution in [3.63, 3.8) is 0 Å². The Morgan fingerprint density at radius 3 is 2.23 bits per heavy atom. The van der Waals surface area contributed by atoms with Crippen molar-refractivity contribution in [2.75, 3.05) is 5.75 Å². The normalized spacial score (nSPS) is 17.8. The Balaban J connectivity index is 4.03. The van der Waals surface area contributed by atoms with E-state index in [0.717, 1.165) is 6.42 Å². The molecule has 0 saturated carbocycles. The van der Waals surface area contributed by atoms with Gasteiger partial charge in [0.15, 0.2) is 0 Å². The van der Waals surface area contributed by atoms with E-state index in [1.165, 1.54) is 0 Å². The molecule has 0 aromatic carbocycles. The number of Topliss-reactive ketones (excluding diaryl/α,β-unsaturated/α-hetero) is 1. The largest absolute Gasteiger partial charge is 0.298 e. The third-order valence-corrected chi connectivity index (χ3v) is 4.29. The van der Waals surface area contributed by atoms with Crippen LogP contribution in [0.2, 0.25) is 0 Å². The van der Waals surface area contributed by atoms with E-state index in [-0.39, 0.29) is 11.0 Å². The van der Waals surface area contributed by atoms with E-state index in [4.69, 9.17) is 0 Å². The first kappa shape index (κ1) is 12.8. The molecule has 3 unspecified atom stereocenters. The first-order chi connectivity index (χ1) is 6.02. The second-order valence-corrected chi connectivity index (χ2v) is 5.32. The molecule has 0 heterocycles. The van der Waals surface area contributed by atoms with Crippen molar-refractivity contribution in [2.45, 2.75) is 45.8 Å². The van der Waals surface area contributed by atoms with Crippen LogP contribution in [0.5, 0.6) is 0 Å². The van der Waals surface area contributed by atoms with Gasteiger partial charge in [-0.15, -0.1) is 0 Å². The van der Waals surface area contributed by atoms with Crippen molar-refractivity contribution in [1.82, 2.24) is 0 Å². The fraction of sp³-hybridized carbons (Fsp3) is 0.900. The van der Waals surface area contributed by atoms with Crippen LogP contribution in [-0.2, 0) is 15.6 Å². The minimum atomic E-state index is -0.974. The molecular weight excluding hydrogens is 184 g/mol. The van der Waals surface area contributed by atoms with Gasteiger partial charge in [0.05, 0.1) is 5.25 Å². The van der Waals surface area contributed by atoms with E-state index >= 15 is 0 Å². The first-order valence-electron chi connectivity index (χ1n) is 4.92. The lowest BCUT2D eigenvalue weighted by molar-refractivity contribution is -0.118. The molecule has 2 nitrogen and oxygen atoms in total. The first-order valence-corrected chi connectivity index (χ1v) is 6.30. The summed E-state index contributed by atoms with van der Waals surface area (Å²) in [4.78, 5) is 11.2. The second kappa shape index (κ2) is 6.30. The summed E-state index contributed by atoms with van der Waals surface area (Å²) in [7, 11) is -0.974. The molecule has 0 bridgehead atoms. The minimum Gasteiger partial charge on any atom is -0.298 e. The maximum absolute atomic E-state index is 11.6. The predicted octanol–water partition coefficient (Wildman–Crippen LogP) is 2.15. The smallest absolute Gasteiger partial charge is 0.147 e. The maximum Gasteiger partial charge on any atom is 0.147 e. The zero-order chi connectivity index (χ0) is 10.4. The summed E-state index contributed by atoms with van der Waals surface area (Å²) in [5.74, 6) is 1.22. The summed E-state index contributed by atoms with van der Waals surface area (Å²) in [6.45, 7) is 7.73. The number of carbonyl (C=O) groups excluding carboxylic acids is 1. The molecule has 0 amide bonds. The van der Waals surface area contributed by atoms with Crippen LogP contribution >= 0.6 is 0 Å². The third kappa shape index (κ3) is 4.55. The van der Waals surface area contributed by atoms with Gasteiger partial charge in [0, 0.05) is 23.0 Å². The fourth-order valence-electron chi connectivity index (χ4n) is 0.977. The van der Waals surface area contributed by atoms with Crippen molar-refractivity contribution < 1.29 is 9.00 Å². The molecule has 13 heavy (non-hydrogen) atoms. The Hall–Kier alpha value is -0.180. The number of carbonyl (C=O) groups is 1. The van der Waals surface area contributed by atoms with Crippen molar-refractivity contribution >= 4 is 16.6 Å². The van der Waals surface area contributed by atoms with Crippen LogP contribution in [-0.4, -0.2) is 21.0 Å². The number of rotatable bonds is 6. The number of ketones is 1. The molecule has 0 spiro atoms. The lowest BCUT2D eigenvalue weighted by atomic mass is 10.2. The summed E-state index contributed by atoms with van der Waals surface area (Å²) in [5.41, 5.74) is 0. The minimum absolute atomic E-state index is 0.113. The molecule has 3 heteroatoms. The van der Waals surface area contributed by atoms with E-state index in [0.29, 0.717) is 18.1 Å². The average Bonchev–Trinajstić information content (AvgIpc) is 2.14. The predicted molar refractivity (Wildman–Crippen MR) is 57.2 cm³/mol. The Morgan fingerprint density at radius 2 is 1.85 bits per heavy atom. The fourth-order valence-corrected chi connectivity index (χ4v) is 2.52. The van der Waals surface area contributed by atoms with E-state index in [1.54, 1.807) is 6.92 Å². The summed E-state index contributed by atoms with van der Waals surface area (Å²) >= 11 is 0. The van der Waals surface area contributed by atoms with Crippen LogP contribution in [0.15, 0.2) is 0 Å². The average molecular weight is 204 g/mol. The SMILES string of the molecule is CCC(=O)C(C)S(=O)CC(C)CC. The van der Waals surface area contributed by atoms with Crippen LogP contribution in [0.1, 0.15) is 40.5 Å². The molecule has 0 aromatic rings. The highest BCUT2D eigenvalue weighted by atomic mass is 32.2. The Morgan fingerprint density at radius 1 is 1.31 bits per heavy atom. The lowest BCUT2D eigenvalue weighted by Gasteiger charge is -2.12. The van der Waals surface area contributed by atoms with E-state index in [1.807, 2.05) is 6.92 Å². The topological polar surface area (TPSA) is 34.1 Å². The molecule has 0 aliphatic carbocycles. The van der Waals surface area contributed by atoms with Crippen LogP contribution in [0.4, 0.5) is 0 Å². The quantitative estimate of drug-likeness (QED) is 0.664. The Bertz CT molecular complexity index is 189. The van der Waals surface area contributed by atoms with Crippen LogP contribution in [0.25, 0.3) is 0 Å². The zero-order valence-electron chi connectivity index (χ0n) is 9.00. The van der Waals surface area contributed by atoms with Gasteiger partial charge in [0.25, 0.3) is 0 Å². The molecule has 0 saturated heterocycles. The summed E-state index contributed by atoms with van der Waals surface area (Å²) in [6, 6.07) is 0. The molecule has 0 aromatic heterocycles. The maximum atomic E-state index is 11.6. The third-order valence-electron chi connectivity index (χ3n) is 2.34. The number of hydrogen-bond acceptors (Lipinski definition) is 2. The molecule has 3 atom stereocenters. The molecule has 0 N–H and O–H groups in total. The van der Waals surface area contributed by atoms with E-state index < -0.39 is 10.8 Å². The second-order valence-electron chi connectivity index (χ2n) is 3.52. The van der Waals surface area contributed by atoms with Crippen LogP contribution in [0.3, 0.4) is 0 Å². The monoisotopic (exact) mass is 204 g/mol. The van der Waals surface area contributed by atoms with Gasteiger partial charge in [-0.25, -0.2) is 0 Å². The van der Waals surface area contributed by atoms with Crippen molar-refractivity contribution in [3.8, 4) is 0 Å². The van der Waals surface area contributed by atoms with Gasteiger partial charge in [-0.1, -0.05) is 27.2 Å². The van der Waals surface area contributed by atoms with Gasteiger partial charge >= 0.3 is 0 Å². The van der Waals surface area contributed by atoms with Gasteiger partial charge in [-0.05, 0) is 12.8 Å². The molecule has 0 aliphatic heterocycles. The van der Waals surface area contributed by atoms with E-state index in [2.05, 4.69) is 13.8 Å². The van der Waals surface area contributed by atoms with Crippen molar-refractivity contribution in [3.05, 3.63) is 0 Å². The molecular formula is C10H20O2S. The summed E-state index contributed by atoms with van der Waals surface area (Å²) in [6.07, 6.45) is 1.52. The Kier molecular flexibility index (Phi) is 6.21. The van der Waals surface area contributed by atoms with Crippen LogP contribution in [0, 0.1) is 5.92 Å².